The van der Waals surface area contributed by atoms with E-state index in [0.29, 0.717) is 27.3 Å². The van der Waals surface area contributed by atoms with Gasteiger partial charge in [-0.2, -0.15) is 0 Å². The molecule has 9 heteroatoms. The molecule has 1 saturated heterocycles. The summed E-state index contributed by atoms with van der Waals surface area (Å²) in [6, 6.07) is 8.66. The Hall–Kier alpha value is -2.35. The Labute approximate surface area is 158 Å². The quantitative estimate of drug-likeness (QED) is 0.527. The first kappa shape index (κ1) is 19.0. The number of carboxylic acid groups (broad SMARTS) is 1. The van der Waals surface area contributed by atoms with Crippen LogP contribution in [0.25, 0.3) is 17.4 Å². The zero-order valence-electron chi connectivity index (χ0n) is 12.8. The molecule has 0 radical (unpaired) electrons. The Morgan fingerprint density at radius 1 is 1.24 bits per heavy atom. The highest BCUT2D eigenvalue weighted by Gasteiger charge is 2.20. The van der Waals surface area contributed by atoms with E-state index >= 15 is 0 Å². The normalized spacial score (nSPS) is 14.6. The van der Waals surface area contributed by atoms with Crippen molar-refractivity contribution in [3.63, 3.8) is 0 Å². The third-order valence-corrected chi connectivity index (χ3v) is 3.58. The average Bonchev–Trinajstić information content (AvgIpc) is 3.06. The number of hydrogen-bond acceptors (Lipinski definition) is 4. The highest BCUT2D eigenvalue weighted by Crippen LogP contribution is 2.31. The fraction of sp³-hybridized carbons (Fsp3) is 0.0625. The maximum Gasteiger partial charge on any atom is 0.300 e. The van der Waals surface area contributed by atoms with Gasteiger partial charge in [-0.25, -0.2) is 0 Å². The number of nitrogens with one attached hydrogen (secondary N) is 2. The number of hydrogen-bond donors (Lipinski definition) is 3. The van der Waals surface area contributed by atoms with Crippen molar-refractivity contribution in [1.82, 2.24) is 10.6 Å². The Bertz CT molecular complexity index is 873. The van der Waals surface area contributed by atoms with E-state index in [2.05, 4.69) is 10.6 Å². The highest BCUT2D eigenvalue weighted by atomic mass is 35.5. The summed E-state index contributed by atoms with van der Waals surface area (Å²) >= 11 is 16.9. The van der Waals surface area contributed by atoms with Gasteiger partial charge in [0, 0.05) is 23.6 Å². The first-order valence-corrected chi connectivity index (χ1v) is 8.01. The summed E-state index contributed by atoms with van der Waals surface area (Å²) in [5.41, 5.74) is 1.06. The van der Waals surface area contributed by atoms with Crippen molar-refractivity contribution in [3.05, 3.63) is 51.8 Å². The highest BCUT2D eigenvalue weighted by molar-refractivity contribution is 7.80. The summed E-state index contributed by atoms with van der Waals surface area (Å²) in [5, 5.41) is 14.0. The second-order valence-corrected chi connectivity index (χ2v) is 6.06. The predicted molar refractivity (Wildman–Crippen MR) is 99.3 cm³/mol. The molecule has 130 valence electrons. The van der Waals surface area contributed by atoms with Crippen molar-refractivity contribution in [3.8, 4) is 11.3 Å². The van der Waals surface area contributed by atoms with Gasteiger partial charge in [-0.1, -0.05) is 23.2 Å². The van der Waals surface area contributed by atoms with E-state index in [1.54, 1.807) is 36.4 Å². The number of halogens is 2. The van der Waals surface area contributed by atoms with E-state index in [9.17, 15) is 4.79 Å². The fourth-order valence-electron chi connectivity index (χ4n) is 1.89. The molecule has 2 aromatic rings. The van der Waals surface area contributed by atoms with Gasteiger partial charge in [0.2, 0.25) is 0 Å². The zero-order chi connectivity index (χ0) is 18.6. The molecule has 1 aromatic heterocycles. The molecule has 1 aliphatic heterocycles. The van der Waals surface area contributed by atoms with Crippen LogP contribution in [0.1, 0.15) is 12.7 Å². The molecule has 0 atom stereocenters. The molecule has 1 fully saturated rings. The molecule has 25 heavy (non-hydrogen) atoms. The number of furan rings is 1. The van der Waals surface area contributed by atoms with Gasteiger partial charge < -0.3 is 14.8 Å². The lowest BCUT2D eigenvalue weighted by Crippen LogP contribution is -2.21. The lowest BCUT2D eigenvalue weighted by Gasteiger charge is -2.01. The third kappa shape index (κ3) is 5.32. The number of carbonyl (C=O) groups excluding carboxylic acids is 1. The van der Waals surface area contributed by atoms with Crippen LogP contribution in [0.5, 0.6) is 0 Å². The number of carboxylic acids is 1. The summed E-state index contributed by atoms with van der Waals surface area (Å²) in [5.74, 6) is -0.0228. The topological polar surface area (TPSA) is 91.6 Å². The Balaban J connectivity index is 0.000000511. The standard InChI is InChI=1S/C14H8Cl2N2O2S.C2H4O2/c15-7-1-3-9(10(16)5-7)12-4-2-8(20-12)6-11-13(19)18-14(21)17-11;1-2(3)4/h1-6H,(H2,17,18,19,21);1H3,(H,3,4). The molecule has 1 aliphatic rings. The number of thiocarbonyl (C=S) groups is 1. The summed E-state index contributed by atoms with van der Waals surface area (Å²) in [6.45, 7) is 1.08. The number of aliphatic carboxylic acids is 1. The van der Waals surface area contributed by atoms with Crippen molar-refractivity contribution < 1.29 is 19.1 Å². The van der Waals surface area contributed by atoms with Crippen LogP contribution in [-0.4, -0.2) is 22.1 Å². The molecule has 1 aromatic carbocycles. The van der Waals surface area contributed by atoms with Crippen molar-refractivity contribution in [2.24, 2.45) is 0 Å². The Kier molecular flexibility index (Phi) is 6.19. The van der Waals surface area contributed by atoms with Gasteiger partial charge in [-0.15, -0.1) is 0 Å². The van der Waals surface area contributed by atoms with Gasteiger partial charge in [-0.3, -0.25) is 14.9 Å². The molecule has 6 nitrogen and oxygen atoms in total. The number of amides is 1. The summed E-state index contributed by atoms with van der Waals surface area (Å²) in [6.07, 6.45) is 1.57. The largest absolute Gasteiger partial charge is 0.481 e. The van der Waals surface area contributed by atoms with Crippen molar-refractivity contribution in [2.45, 2.75) is 6.92 Å². The van der Waals surface area contributed by atoms with Gasteiger partial charge in [0.25, 0.3) is 11.9 Å². The average molecular weight is 399 g/mol. The molecule has 0 spiro atoms. The fourth-order valence-corrected chi connectivity index (χ4v) is 2.59. The van der Waals surface area contributed by atoms with Crippen LogP contribution in [0.15, 0.2) is 40.4 Å². The minimum Gasteiger partial charge on any atom is -0.481 e. The minimum absolute atomic E-state index is 0.277. The van der Waals surface area contributed by atoms with Crippen LogP contribution in [0.3, 0.4) is 0 Å². The van der Waals surface area contributed by atoms with E-state index in [1.165, 1.54) is 0 Å². The number of benzene rings is 1. The molecule has 3 rings (SSSR count). The number of carbonyl (C=O) groups is 2. The monoisotopic (exact) mass is 398 g/mol. The molecule has 3 N–H and O–H groups in total. The first-order valence-electron chi connectivity index (χ1n) is 6.85. The smallest absolute Gasteiger partial charge is 0.300 e. The van der Waals surface area contributed by atoms with Crippen LogP contribution < -0.4 is 10.6 Å². The third-order valence-electron chi connectivity index (χ3n) is 2.83. The van der Waals surface area contributed by atoms with Crippen LogP contribution >= 0.6 is 35.4 Å². The summed E-state index contributed by atoms with van der Waals surface area (Å²) in [7, 11) is 0. The lowest BCUT2D eigenvalue weighted by atomic mass is 10.2. The lowest BCUT2D eigenvalue weighted by molar-refractivity contribution is -0.134. The van der Waals surface area contributed by atoms with E-state index in [0.717, 1.165) is 12.5 Å². The van der Waals surface area contributed by atoms with Crippen molar-refractivity contribution in [2.75, 3.05) is 0 Å². The Morgan fingerprint density at radius 2 is 1.92 bits per heavy atom. The van der Waals surface area contributed by atoms with E-state index < -0.39 is 5.97 Å². The number of rotatable bonds is 2. The van der Waals surface area contributed by atoms with E-state index in [4.69, 9.17) is 49.7 Å². The van der Waals surface area contributed by atoms with Gasteiger partial charge in [-0.05, 0) is 42.5 Å². The van der Waals surface area contributed by atoms with Gasteiger partial charge in [0.15, 0.2) is 5.11 Å². The molecule has 0 bridgehead atoms. The molecule has 2 heterocycles. The molecular formula is C16H12Cl2N2O4S. The molecular weight excluding hydrogens is 387 g/mol. The molecule has 1 amide bonds. The van der Waals surface area contributed by atoms with Crippen LogP contribution in [-0.2, 0) is 9.59 Å². The maximum absolute atomic E-state index is 11.6. The predicted octanol–water partition coefficient (Wildman–Crippen LogP) is 3.69. The SMILES string of the molecule is CC(=O)O.O=C1NC(=S)NC1=Cc1ccc(-c2ccc(Cl)cc2Cl)o1. The molecule has 0 unspecified atom stereocenters. The van der Waals surface area contributed by atoms with Crippen LogP contribution in [0.4, 0.5) is 0 Å². The maximum atomic E-state index is 11.6. The van der Waals surface area contributed by atoms with Gasteiger partial charge in [0.05, 0.1) is 5.02 Å². The zero-order valence-corrected chi connectivity index (χ0v) is 15.1. The van der Waals surface area contributed by atoms with E-state index in [-0.39, 0.29) is 11.0 Å². The van der Waals surface area contributed by atoms with E-state index in [1.807, 2.05) is 0 Å². The summed E-state index contributed by atoms with van der Waals surface area (Å²) in [4.78, 5) is 20.6. The minimum atomic E-state index is -0.833. The van der Waals surface area contributed by atoms with Gasteiger partial charge in [0.1, 0.15) is 17.2 Å². The van der Waals surface area contributed by atoms with Crippen LogP contribution in [0, 0.1) is 0 Å². The van der Waals surface area contributed by atoms with Crippen LogP contribution in [0.2, 0.25) is 10.0 Å². The van der Waals surface area contributed by atoms with Crippen molar-refractivity contribution in [1.29, 1.82) is 0 Å². The van der Waals surface area contributed by atoms with Gasteiger partial charge >= 0.3 is 0 Å². The van der Waals surface area contributed by atoms with Crippen molar-refractivity contribution >= 4 is 58.5 Å². The molecule has 0 aliphatic carbocycles. The second kappa shape index (κ2) is 8.15. The summed E-state index contributed by atoms with van der Waals surface area (Å²) < 4.78 is 5.67. The molecule has 0 saturated carbocycles. The first-order chi connectivity index (χ1) is 11.8. The second-order valence-electron chi connectivity index (χ2n) is 4.81. The Morgan fingerprint density at radius 3 is 2.48 bits per heavy atom.